The Hall–Kier alpha value is -2.14. The number of likely N-dealkylation sites (tertiary alicyclic amines) is 1. The Labute approximate surface area is 153 Å². The van der Waals surface area contributed by atoms with Gasteiger partial charge in [-0.25, -0.2) is 9.97 Å². The summed E-state index contributed by atoms with van der Waals surface area (Å²) < 4.78 is 0. The van der Waals surface area contributed by atoms with Crippen molar-refractivity contribution in [2.75, 3.05) is 18.4 Å². The van der Waals surface area contributed by atoms with E-state index >= 15 is 0 Å². The van der Waals surface area contributed by atoms with Gasteiger partial charge in [0.25, 0.3) is 0 Å². The summed E-state index contributed by atoms with van der Waals surface area (Å²) in [4.78, 5) is 22.7. The molecule has 1 N–H and O–H groups in total. The van der Waals surface area contributed by atoms with Crippen molar-refractivity contribution in [2.45, 2.75) is 38.6 Å². The second kappa shape index (κ2) is 8.30. The highest BCUT2D eigenvalue weighted by atomic mass is 35.5. The van der Waals surface area contributed by atoms with Crippen molar-refractivity contribution in [1.29, 1.82) is 0 Å². The van der Waals surface area contributed by atoms with Crippen molar-refractivity contribution in [3.05, 3.63) is 52.9 Å². The monoisotopic (exact) mass is 358 g/mol. The van der Waals surface area contributed by atoms with E-state index in [9.17, 15) is 4.79 Å². The highest BCUT2D eigenvalue weighted by Gasteiger charge is 2.22. The largest absolute Gasteiger partial charge is 0.367 e. The van der Waals surface area contributed by atoms with E-state index in [4.69, 9.17) is 11.6 Å². The lowest BCUT2D eigenvalue weighted by atomic mass is 10.0. The minimum absolute atomic E-state index is 0.219. The summed E-state index contributed by atoms with van der Waals surface area (Å²) in [5.74, 6) is 1.08. The van der Waals surface area contributed by atoms with Crippen molar-refractivity contribution in [3.8, 4) is 0 Å². The van der Waals surface area contributed by atoms with Crippen LogP contribution < -0.4 is 5.32 Å². The van der Waals surface area contributed by atoms with Gasteiger partial charge in [0.1, 0.15) is 12.1 Å². The smallest absolute Gasteiger partial charge is 0.222 e. The van der Waals surface area contributed by atoms with Gasteiger partial charge in [0.15, 0.2) is 0 Å². The molecular formula is C19H23ClN4O. The molecule has 2 aromatic rings. The van der Waals surface area contributed by atoms with Crippen molar-refractivity contribution in [3.63, 3.8) is 0 Å². The summed E-state index contributed by atoms with van der Waals surface area (Å²) in [6.45, 7) is 3.53. The van der Waals surface area contributed by atoms with Crippen LogP contribution in [0.1, 0.15) is 30.5 Å². The maximum Gasteiger partial charge on any atom is 0.222 e. The average Bonchev–Trinajstić information content (AvgIpc) is 2.60. The lowest BCUT2D eigenvalue weighted by Gasteiger charge is -2.32. The number of halogens is 1. The summed E-state index contributed by atoms with van der Waals surface area (Å²) >= 11 is 5.99. The number of benzene rings is 1. The van der Waals surface area contributed by atoms with E-state index in [0.717, 1.165) is 54.4 Å². The highest BCUT2D eigenvalue weighted by Crippen LogP contribution is 2.17. The van der Waals surface area contributed by atoms with E-state index in [1.807, 2.05) is 42.2 Å². The van der Waals surface area contributed by atoms with Crippen LogP contribution in [0, 0.1) is 6.92 Å². The number of anilines is 1. The van der Waals surface area contributed by atoms with Crippen molar-refractivity contribution >= 4 is 23.3 Å². The molecule has 1 saturated heterocycles. The van der Waals surface area contributed by atoms with Crippen molar-refractivity contribution in [2.24, 2.45) is 0 Å². The SMILES string of the molecule is Cc1cc(NC2CCN(C(=O)CCc3cccc(Cl)c3)CC2)ncn1. The molecule has 1 amide bonds. The number of aryl methyl sites for hydroxylation is 2. The van der Waals surface area contributed by atoms with E-state index in [-0.39, 0.29) is 5.91 Å². The molecule has 0 spiro atoms. The van der Waals surface area contributed by atoms with Gasteiger partial charge >= 0.3 is 0 Å². The first-order valence-electron chi connectivity index (χ1n) is 8.67. The normalized spacial score (nSPS) is 15.2. The number of nitrogens with one attached hydrogen (secondary N) is 1. The first-order chi connectivity index (χ1) is 12.1. The van der Waals surface area contributed by atoms with Gasteiger partial charge in [-0.3, -0.25) is 4.79 Å². The summed E-state index contributed by atoms with van der Waals surface area (Å²) in [6.07, 6.45) is 4.71. The summed E-state index contributed by atoms with van der Waals surface area (Å²) in [6, 6.07) is 10.0. The number of amides is 1. The molecule has 3 rings (SSSR count). The van der Waals surface area contributed by atoms with Crippen LogP contribution in [0.25, 0.3) is 0 Å². The lowest BCUT2D eigenvalue weighted by Crippen LogP contribution is -2.42. The maximum atomic E-state index is 12.4. The molecule has 0 atom stereocenters. The molecule has 6 heteroatoms. The predicted octanol–water partition coefficient (Wildman–Crippen LogP) is 3.47. The maximum absolute atomic E-state index is 12.4. The molecule has 0 aliphatic carbocycles. The molecule has 1 aromatic carbocycles. The van der Waals surface area contributed by atoms with E-state index in [1.54, 1.807) is 6.33 Å². The minimum Gasteiger partial charge on any atom is -0.367 e. The summed E-state index contributed by atoms with van der Waals surface area (Å²) in [5, 5.41) is 4.16. The number of hydrogen-bond acceptors (Lipinski definition) is 4. The molecule has 0 bridgehead atoms. The molecule has 0 unspecified atom stereocenters. The number of carbonyl (C=O) groups is 1. The van der Waals surface area contributed by atoms with E-state index in [1.165, 1.54) is 0 Å². The number of aromatic nitrogens is 2. The molecule has 0 saturated carbocycles. The Kier molecular flexibility index (Phi) is 5.87. The number of rotatable bonds is 5. The molecule has 1 aliphatic heterocycles. The Morgan fingerprint density at radius 1 is 1.28 bits per heavy atom. The highest BCUT2D eigenvalue weighted by molar-refractivity contribution is 6.30. The first-order valence-corrected chi connectivity index (χ1v) is 9.05. The molecule has 0 radical (unpaired) electrons. The molecular weight excluding hydrogens is 336 g/mol. The number of hydrogen-bond donors (Lipinski definition) is 1. The Bertz CT molecular complexity index is 729. The van der Waals surface area contributed by atoms with Crippen molar-refractivity contribution in [1.82, 2.24) is 14.9 Å². The Morgan fingerprint density at radius 3 is 2.80 bits per heavy atom. The van der Waals surface area contributed by atoms with E-state index in [2.05, 4.69) is 15.3 Å². The average molecular weight is 359 g/mol. The standard InChI is InChI=1S/C19H23ClN4O/c1-14-11-18(22-13-21-14)23-17-7-9-24(10-8-17)19(25)6-5-15-3-2-4-16(20)12-15/h2-4,11-13,17H,5-10H2,1H3,(H,21,22,23). The zero-order valence-electron chi connectivity index (χ0n) is 14.4. The van der Waals surface area contributed by atoms with Crippen LogP contribution >= 0.6 is 11.6 Å². The van der Waals surface area contributed by atoms with Gasteiger partial charge in [0.2, 0.25) is 5.91 Å². The third-order valence-corrected chi connectivity index (χ3v) is 4.76. The van der Waals surface area contributed by atoms with Crippen LogP contribution in [0.4, 0.5) is 5.82 Å². The number of piperidine rings is 1. The zero-order valence-corrected chi connectivity index (χ0v) is 15.2. The van der Waals surface area contributed by atoms with Gasteiger partial charge in [-0.2, -0.15) is 0 Å². The molecule has 1 aromatic heterocycles. The van der Waals surface area contributed by atoms with Gasteiger partial charge in [-0.1, -0.05) is 23.7 Å². The number of carbonyl (C=O) groups excluding carboxylic acids is 1. The Morgan fingerprint density at radius 2 is 2.08 bits per heavy atom. The third-order valence-electron chi connectivity index (χ3n) is 4.52. The fraction of sp³-hybridized carbons (Fsp3) is 0.421. The lowest BCUT2D eigenvalue weighted by molar-refractivity contribution is -0.132. The number of nitrogens with zero attached hydrogens (tertiary/aromatic N) is 3. The van der Waals surface area contributed by atoms with Gasteiger partial charge in [0, 0.05) is 42.3 Å². The second-order valence-corrected chi connectivity index (χ2v) is 6.91. The quantitative estimate of drug-likeness (QED) is 0.889. The van der Waals surface area contributed by atoms with Crippen LogP contribution in [0.2, 0.25) is 5.02 Å². The minimum atomic E-state index is 0.219. The predicted molar refractivity (Wildman–Crippen MR) is 99.8 cm³/mol. The molecule has 1 aliphatic rings. The molecule has 25 heavy (non-hydrogen) atoms. The Balaban J connectivity index is 1.44. The first kappa shape index (κ1) is 17.7. The van der Waals surface area contributed by atoms with Gasteiger partial charge < -0.3 is 10.2 Å². The van der Waals surface area contributed by atoms with Gasteiger partial charge in [0.05, 0.1) is 0 Å². The second-order valence-electron chi connectivity index (χ2n) is 6.47. The van der Waals surface area contributed by atoms with E-state index in [0.29, 0.717) is 12.5 Å². The van der Waals surface area contributed by atoms with Crippen LogP contribution in [0.5, 0.6) is 0 Å². The zero-order chi connectivity index (χ0) is 17.6. The summed E-state index contributed by atoms with van der Waals surface area (Å²) in [5.41, 5.74) is 2.06. The van der Waals surface area contributed by atoms with Crippen LogP contribution in [0.15, 0.2) is 36.7 Å². The fourth-order valence-electron chi connectivity index (χ4n) is 3.12. The fourth-order valence-corrected chi connectivity index (χ4v) is 3.33. The third kappa shape index (κ3) is 5.16. The van der Waals surface area contributed by atoms with E-state index < -0.39 is 0 Å². The van der Waals surface area contributed by atoms with Crippen LogP contribution in [-0.2, 0) is 11.2 Å². The van der Waals surface area contributed by atoms with Crippen LogP contribution in [-0.4, -0.2) is 39.9 Å². The molecule has 2 heterocycles. The van der Waals surface area contributed by atoms with Crippen LogP contribution in [0.3, 0.4) is 0 Å². The topological polar surface area (TPSA) is 58.1 Å². The summed E-state index contributed by atoms with van der Waals surface area (Å²) in [7, 11) is 0. The van der Waals surface area contributed by atoms with Crippen molar-refractivity contribution < 1.29 is 4.79 Å². The molecule has 5 nitrogen and oxygen atoms in total. The molecule has 132 valence electrons. The molecule has 1 fully saturated rings. The van der Waals surface area contributed by atoms with Gasteiger partial charge in [-0.05, 0) is 43.9 Å². The van der Waals surface area contributed by atoms with Gasteiger partial charge in [-0.15, -0.1) is 0 Å².